The number of carbonyl (C=O) groups is 2. The van der Waals surface area contributed by atoms with Gasteiger partial charge in [-0.1, -0.05) is 37.0 Å². The molecule has 1 aliphatic rings. The quantitative estimate of drug-likeness (QED) is 0.605. The number of hydrogen-bond donors (Lipinski definition) is 1. The van der Waals surface area contributed by atoms with Crippen LogP contribution < -0.4 is 5.32 Å². The van der Waals surface area contributed by atoms with Gasteiger partial charge in [0.2, 0.25) is 5.91 Å². The lowest BCUT2D eigenvalue weighted by Gasteiger charge is -2.36. The largest absolute Gasteiger partial charge is 0.340 e. The van der Waals surface area contributed by atoms with E-state index in [4.69, 9.17) is 23.2 Å². The van der Waals surface area contributed by atoms with Crippen LogP contribution in [0.3, 0.4) is 0 Å². The smallest absolute Gasteiger partial charge is 0.253 e. The fraction of sp³-hybridized carbons (Fsp3) is 0.619. The van der Waals surface area contributed by atoms with Gasteiger partial charge in [-0.25, -0.2) is 0 Å². The maximum Gasteiger partial charge on any atom is 0.253 e. The van der Waals surface area contributed by atoms with E-state index in [1.165, 1.54) is 12.5 Å². The Labute approximate surface area is 188 Å². The number of nitrogens with zero attached hydrogens (tertiary/aromatic N) is 2. The average Bonchev–Trinajstić information content (AvgIpc) is 2.69. The van der Waals surface area contributed by atoms with Gasteiger partial charge in [0.25, 0.3) is 5.91 Å². The predicted octanol–water partition coefficient (Wildman–Crippen LogP) is 4.04. The van der Waals surface area contributed by atoms with Crippen molar-refractivity contribution in [2.75, 3.05) is 44.7 Å². The van der Waals surface area contributed by atoms with Crippen LogP contribution in [0.1, 0.15) is 37.0 Å². The average molecular weight is 460 g/mol. The van der Waals surface area contributed by atoms with Crippen molar-refractivity contribution in [2.24, 2.45) is 5.92 Å². The number of thioether (sulfide) groups is 1. The Hall–Kier alpha value is -0.950. The molecule has 0 aromatic heterocycles. The normalized spacial score (nSPS) is 16.1. The molecule has 1 saturated heterocycles. The van der Waals surface area contributed by atoms with E-state index in [2.05, 4.69) is 24.1 Å². The number of halogens is 2. The number of piperazine rings is 1. The van der Waals surface area contributed by atoms with E-state index in [0.717, 1.165) is 25.4 Å². The molecule has 2 amide bonds. The predicted molar refractivity (Wildman–Crippen MR) is 123 cm³/mol. The van der Waals surface area contributed by atoms with E-state index in [1.807, 2.05) is 11.2 Å². The summed E-state index contributed by atoms with van der Waals surface area (Å²) in [5.41, 5.74) is 0.330. The summed E-state index contributed by atoms with van der Waals surface area (Å²) in [5, 5.41) is 3.64. The molecule has 29 heavy (non-hydrogen) atoms. The van der Waals surface area contributed by atoms with Crippen molar-refractivity contribution in [3.05, 3.63) is 33.8 Å². The lowest BCUT2D eigenvalue weighted by Crippen LogP contribution is -2.55. The van der Waals surface area contributed by atoms with Crippen LogP contribution in [-0.4, -0.2) is 72.4 Å². The Morgan fingerprint density at radius 3 is 2.41 bits per heavy atom. The summed E-state index contributed by atoms with van der Waals surface area (Å²) < 4.78 is 0. The molecule has 0 bridgehead atoms. The SMILES string of the molecule is CSCCC(NC(=O)c1ccc(Cl)cc1Cl)C(=O)N1CCN(CCC(C)C)CC1. The number of benzene rings is 1. The van der Waals surface area contributed by atoms with Gasteiger partial charge in [-0.05, 0) is 55.5 Å². The molecule has 0 radical (unpaired) electrons. The van der Waals surface area contributed by atoms with E-state index >= 15 is 0 Å². The molecule has 8 heteroatoms. The minimum Gasteiger partial charge on any atom is -0.340 e. The monoisotopic (exact) mass is 459 g/mol. The second kappa shape index (κ2) is 12.0. The van der Waals surface area contributed by atoms with Crippen molar-refractivity contribution in [2.45, 2.75) is 32.7 Å². The molecule has 1 heterocycles. The first-order valence-electron chi connectivity index (χ1n) is 10.1. The molecule has 1 N–H and O–H groups in total. The number of rotatable bonds is 9. The van der Waals surface area contributed by atoms with Crippen LogP contribution in [0.4, 0.5) is 0 Å². The molecule has 0 saturated carbocycles. The maximum atomic E-state index is 13.1. The fourth-order valence-corrected chi connectivity index (χ4v) is 4.22. The van der Waals surface area contributed by atoms with Gasteiger partial charge in [0.15, 0.2) is 0 Å². The van der Waals surface area contributed by atoms with E-state index in [0.29, 0.717) is 36.0 Å². The van der Waals surface area contributed by atoms with E-state index in [9.17, 15) is 9.59 Å². The van der Waals surface area contributed by atoms with Crippen molar-refractivity contribution in [1.82, 2.24) is 15.1 Å². The second-order valence-corrected chi connectivity index (χ2v) is 9.61. The highest BCUT2D eigenvalue weighted by molar-refractivity contribution is 7.98. The van der Waals surface area contributed by atoms with Gasteiger partial charge in [0, 0.05) is 31.2 Å². The summed E-state index contributed by atoms with van der Waals surface area (Å²) in [7, 11) is 0. The van der Waals surface area contributed by atoms with Gasteiger partial charge in [-0.15, -0.1) is 0 Å². The zero-order valence-corrected chi connectivity index (χ0v) is 19.7. The van der Waals surface area contributed by atoms with Gasteiger partial charge in [-0.2, -0.15) is 11.8 Å². The molecule has 1 atom stereocenters. The van der Waals surface area contributed by atoms with E-state index < -0.39 is 6.04 Å². The zero-order chi connectivity index (χ0) is 21.4. The van der Waals surface area contributed by atoms with Crippen LogP contribution in [0, 0.1) is 5.92 Å². The minimum absolute atomic E-state index is 0.0130. The first-order valence-corrected chi connectivity index (χ1v) is 12.2. The number of carbonyl (C=O) groups excluding carboxylic acids is 2. The Bertz CT molecular complexity index is 695. The molecule has 0 aliphatic carbocycles. The van der Waals surface area contributed by atoms with Gasteiger partial charge in [-0.3, -0.25) is 14.5 Å². The first-order chi connectivity index (χ1) is 13.8. The second-order valence-electron chi connectivity index (χ2n) is 7.78. The lowest BCUT2D eigenvalue weighted by molar-refractivity contribution is -0.135. The van der Waals surface area contributed by atoms with Crippen molar-refractivity contribution in [1.29, 1.82) is 0 Å². The fourth-order valence-electron chi connectivity index (χ4n) is 3.26. The summed E-state index contributed by atoms with van der Waals surface area (Å²) in [4.78, 5) is 30.1. The third kappa shape index (κ3) is 7.67. The zero-order valence-electron chi connectivity index (χ0n) is 17.4. The molecule has 1 aromatic rings. The Morgan fingerprint density at radius 2 is 1.83 bits per heavy atom. The van der Waals surface area contributed by atoms with Crippen LogP contribution in [-0.2, 0) is 4.79 Å². The Balaban J connectivity index is 1.98. The topological polar surface area (TPSA) is 52.7 Å². The summed E-state index contributed by atoms with van der Waals surface area (Å²) in [6.07, 6.45) is 3.75. The summed E-state index contributed by atoms with van der Waals surface area (Å²) in [6.45, 7) is 8.68. The summed E-state index contributed by atoms with van der Waals surface area (Å²) in [5.74, 6) is 1.11. The summed E-state index contributed by atoms with van der Waals surface area (Å²) in [6, 6.07) is 4.19. The van der Waals surface area contributed by atoms with Gasteiger partial charge in [0.05, 0.1) is 10.6 Å². The highest BCUT2D eigenvalue weighted by Crippen LogP contribution is 2.21. The van der Waals surface area contributed by atoms with Crippen LogP contribution in [0.25, 0.3) is 0 Å². The van der Waals surface area contributed by atoms with E-state index in [-0.39, 0.29) is 16.8 Å². The van der Waals surface area contributed by atoms with Gasteiger partial charge in [0.1, 0.15) is 6.04 Å². The van der Waals surface area contributed by atoms with Crippen molar-refractivity contribution < 1.29 is 9.59 Å². The molecule has 1 aliphatic heterocycles. The lowest BCUT2D eigenvalue weighted by atomic mass is 10.1. The molecule has 5 nitrogen and oxygen atoms in total. The van der Waals surface area contributed by atoms with Crippen LogP contribution >= 0.6 is 35.0 Å². The van der Waals surface area contributed by atoms with E-state index in [1.54, 1.807) is 23.9 Å². The van der Waals surface area contributed by atoms with Crippen LogP contribution in [0.2, 0.25) is 10.0 Å². The van der Waals surface area contributed by atoms with Crippen molar-refractivity contribution >= 4 is 46.8 Å². The first kappa shape index (κ1) is 24.3. The van der Waals surface area contributed by atoms with Crippen molar-refractivity contribution in [3.8, 4) is 0 Å². The summed E-state index contributed by atoms with van der Waals surface area (Å²) >= 11 is 13.7. The molecule has 2 rings (SSSR count). The number of nitrogens with one attached hydrogen (secondary N) is 1. The highest BCUT2D eigenvalue weighted by atomic mass is 35.5. The Morgan fingerprint density at radius 1 is 1.14 bits per heavy atom. The van der Waals surface area contributed by atoms with Gasteiger partial charge < -0.3 is 10.2 Å². The molecule has 1 fully saturated rings. The van der Waals surface area contributed by atoms with Crippen LogP contribution in [0.15, 0.2) is 18.2 Å². The van der Waals surface area contributed by atoms with Gasteiger partial charge >= 0.3 is 0 Å². The standard InChI is InChI=1S/C21H31Cl2N3O2S/c1-15(2)6-8-25-9-11-26(12-10-25)21(28)19(7-13-29-3)24-20(27)17-5-4-16(22)14-18(17)23/h4-5,14-15,19H,6-13H2,1-3H3,(H,24,27). The molecule has 1 unspecified atom stereocenters. The van der Waals surface area contributed by atoms with Crippen LogP contribution in [0.5, 0.6) is 0 Å². The number of hydrogen-bond acceptors (Lipinski definition) is 4. The highest BCUT2D eigenvalue weighted by Gasteiger charge is 2.29. The Kier molecular flexibility index (Phi) is 10.1. The molecule has 1 aromatic carbocycles. The number of amides is 2. The third-order valence-corrected chi connectivity index (χ3v) is 6.29. The minimum atomic E-state index is -0.552. The molecular weight excluding hydrogens is 429 g/mol. The maximum absolute atomic E-state index is 13.1. The molecular formula is C21H31Cl2N3O2S. The third-order valence-electron chi connectivity index (χ3n) is 5.10. The molecule has 0 spiro atoms. The van der Waals surface area contributed by atoms with Crippen molar-refractivity contribution in [3.63, 3.8) is 0 Å². The molecule has 162 valence electrons.